The van der Waals surface area contributed by atoms with Gasteiger partial charge in [-0.1, -0.05) is 11.6 Å². The van der Waals surface area contributed by atoms with Crippen LogP contribution < -0.4 is 9.47 Å². The molecule has 0 N–H and O–H groups in total. The van der Waals surface area contributed by atoms with Gasteiger partial charge in [0.2, 0.25) is 0 Å². The van der Waals surface area contributed by atoms with Gasteiger partial charge in [-0.2, -0.15) is 5.26 Å². The van der Waals surface area contributed by atoms with Gasteiger partial charge in [-0.3, -0.25) is 9.59 Å². The Kier molecular flexibility index (Phi) is 6.27. The van der Waals surface area contributed by atoms with Crippen molar-refractivity contribution in [3.63, 3.8) is 0 Å². The Labute approximate surface area is 144 Å². The number of fused-ring (bicyclic) bond motifs is 1. The average molecular weight is 353 g/mol. The van der Waals surface area contributed by atoms with E-state index in [4.69, 9.17) is 31.1 Å². The van der Waals surface area contributed by atoms with Crippen LogP contribution >= 0.6 is 11.6 Å². The van der Waals surface area contributed by atoms with Crippen molar-refractivity contribution in [3.05, 3.63) is 22.7 Å². The first-order valence-corrected chi connectivity index (χ1v) is 7.73. The minimum Gasteiger partial charge on any atom is -0.486 e. The van der Waals surface area contributed by atoms with Gasteiger partial charge < -0.3 is 19.1 Å². The van der Waals surface area contributed by atoms with Crippen LogP contribution in [0.2, 0.25) is 5.02 Å². The Morgan fingerprint density at radius 3 is 2.88 bits per heavy atom. The molecule has 1 aromatic rings. The zero-order chi connectivity index (χ0) is 17.5. The van der Waals surface area contributed by atoms with Gasteiger partial charge in [0.05, 0.1) is 23.9 Å². The fourth-order valence-corrected chi connectivity index (χ4v) is 2.37. The predicted molar refractivity (Wildman–Crippen MR) is 85.0 cm³/mol. The topological polar surface area (TPSA) is 88.9 Å². The largest absolute Gasteiger partial charge is 0.486 e. The van der Waals surface area contributed by atoms with Crippen molar-refractivity contribution < 1.29 is 23.8 Å². The summed E-state index contributed by atoms with van der Waals surface area (Å²) in [6.45, 7) is 0.778. The number of nitrogens with zero attached hydrogens (tertiary/aromatic N) is 2. The number of hydrogen-bond acceptors (Lipinski definition) is 6. The predicted octanol–water partition coefficient (Wildman–Crippen LogP) is 1.57. The SMILES string of the molecule is CN(CCC#N)C(=O)COC(=O)Cc1cc(Cl)c2c(c1)OCCO2. The molecular weight excluding hydrogens is 336 g/mol. The summed E-state index contributed by atoms with van der Waals surface area (Å²) in [5.41, 5.74) is 0.611. The Morgan fingerprint density at radius 1 is 1.38 bits per heavy atom. The third-order valence-corrected chi connectivity index (χ3v) is 3.63. The molecule has 0 atom stereocenters. The maximum absolute atomic E-state index is 11.9. The molecule has 1 aliphatic heterocycles. The summed E-state index contributed by atoms with van der Waals surface area (Å²) in [5.74, 6) is 0.0433. The number of nitriles is 1. The van der Waals surface area contributed by atoms with Crippen molar-refractivity contribution in [1.82, 2.24) is 4.90 Å². The molecule has 0 unspecified atom stereocenters. The minimum atomic E-state index is -0.551. The van der Waals surface area contributed by atoms with E-state index in [-0.39, 0.29) is 25.4 Å². The van der Waals surface area contributed by atoms with E-state index >= 15 is 0 Å². The van der Waals surface area contributed by atoms with Gasteiger partial charge in [0.1, 0.15) is 13.2 Å². The van der Waals surface area contributed by atoms with Crippen molar-refractivity contribution in [1.29, 1.82) is 5.26 Å². The number of esters is 1. The van der Waals surface area contributed by atoms with Crippen LogP contribution in [0.15, 0.2) is 12.1 Å². The molecule has 0 bridgehead atoms. The molecule has 1 aliphatic rings. The van der Waals surface area contributed by atoms with Crippen molar-refractivity contribution >= 4 is 23.5 Å². The molecule has 1 aromatic carbocycles. The van der Waals surface area contributed by atoms with Crippen LogP contribution in [0.4, 0.5) is 0 Å². The van der Waals surface area contributed by atoms with Crippen LogP contribution in [0.25, 0.3) is 0 Å². The molecule has 0 spiro atoms. The van der Waals surface area contributed by atoms with Crippen LogP contribution in [-0.4, -0.2) is 50.2 Å². The van der Waals surface area contributed by atoms with E-state index in [0.29, 0.717) is 41.8 Å². The smallest absolute Gasteiger partial charge is 0.310 e. The fourth-order valence-electron chi connectivity index (χ4n) is 2.08. The number of rotatable bonds is 6. The quantitative estimate of drug-likeness (QED) is 0.722. The molecule has 0 aliphatic carbocycles. The minimum absolute atomic E-state index is 0.0362. The molecule has 24 heavy (non-hydrogen) atoms. The average Bonchev–Trinajstić information content (AvgIpc) is 2.57. The molecule has 0 saturated heterocycles. The lowest BCUT2D eigenvalue weighted by Crippen LogP contribution is -2.32. The van der Waals surface area contributed by atoms with Gasteiger partial charge >= 0.3 is 5.97 Å². The van der Waals surface area contributed by atoms with E-state index in [1.54, 1.807) is 19.2 Å². The zero-order valence-electron chi connectivity index (χ0n) is 13.2. The molecule has 128 valence electrons. The van der Waals surface area contributed by atoms with E-state index in [1.165, 1.54) is 4.90 Å². The monoisotopic (exact) mass is 352 g/mol. The van der Waals surface area contributed by atoms with E-state index in [0.717, 1.165) is 0 Å². The maximum Gasteiger partial charge on any atom is 0.310 e. The summed E-state index contributed by atoms with van der Waals surface area (Å²) in [4.78, 5) is 25.0. The first-order valence-electron chi connectivity index (χ1n) is 7.36. The molecule has 0 radical (unpaired) electrons. The van der Waals surface area contributed by atoms with E-state index in [9.17, 15) is 9.59 Å². The normalized spacial score (nSPS) is 12.2. The number of hydrogen-bond donors (Lipinski definition) is 0. The van der Waals surface area contributed by atoms with Crippen LogP contribution in [0.3, 0.4) is 0 Å². The summed E-state index contributed by atoms with van der Waals surface area (Å²) < 4.78 is 15.8. The van der Waals surface area contributed by atoms with Gasteiger partial charge in [-0.25, -0.2) is 0 Å². The lowest BCUT2D eigenvalue weighted by Gasteiger charge is -2.20. The lowest BCUT2D eigenvalue weighted by molar-refractivity contribution is -0.150. The molecular formula is C16H17ClN2O5. The molecule has 0 saturated carbocycles. The van der Waals surface area contributed by atoms with Crippen LogP contribution in [0, 0.1) is 11.3 Å². The van der Waals surface area contributed by atoms with Crippen LogP contribution in [0.1, 0.15) is 12.0 Å². The highest BCUT2D eigenvalue weighted by Crippen LogP contribution is 2.38. The Bertz CT molecular complexity index is 671. The maximum atomic E-state index is 11.9. The summed E-state index contributed by atoms with van der Waals surface area (Å²) in [6, 6.07) is 5.22. The number of amides is 1. The summed E-state index contributed by atoms with van der Waals surface area (Å²) in [5, 5.41) is 8.85. The molecule has 1 heterocycles. The number of carbonyl (C=O) groups excluding carboxylic acids is 2. The first-order chi connectivity index (χ1) is 11.5. The van der Waals surface area contributed by atoms with E-state index < -0.39 is 5.97 Å². The first kappa shape index (κ1) is 17.9. The molecule has 0 fully saturated rings. The highest BCUT2D eigenvalue weighted by Gasteiger charge is 2.18. The molecule has 2 rings (SSSR count). The Morgan fingerprint density at radius 2 is 2.12 bits per heavy atom. The van der Waals surface area contributed by atoms with Gasteiger partial charge in [0.25, 0.3) is 5.91 Å². The molecule has 7 nitrogen and oxygen atoms in total. The number of likely N-dealkylation sites (N-methyl/N-ethyl adjacent to an activating group) is 1. The van der Waals surface area contributed by atoms with Crippen molar-refractivity contribution in [2.45, 2.75) is 12.8 Å². The van der Waals surface area contributed by atoms with Crippen molar-refractivity contribution in [3.8, 4) is 17.6 Å². The summed E-state index contributed by atoms with van der Waals surface area (Å²) >= 11 is 6.10. The second-order valence-corrected chi connectivity index (χ2v) is 5.57. The number of ether oxygens (including phenoxy) is 3. The summed E-state index contributed by atoms with van der Waals surface area (Å²) in [7, 11) is 1.55. The second kappa shape index (κ2) is 8.41. The second-order valence-electron chi connectivity index (χ2n) is 5.16. The zero-order valence-corrected chi connectivity index (χ0v) is 14.0. The fraction of sp³-hybridized carbons (Fsp3) is 0.438. The van der Waals surface area contributed by atoms with Gasteiger partial charge in [-0.05, 0) is 17.7 Å². The highest BCUT2D eigenvalue weighted by molar-refractivity contribution is 6.32. The van der Waals surface area contributed by atoms with Crippen molar-refractivity contribution in [2.24, 2.45) is 0 Å². The number of carbonyl (C=O) groups is 2. The lowest BCUT2D eigenvalue weighted by atomic mass is 10.1. The molecule has 1 amide bonds. The van der Waals surface area contributed by atoms with E-state index in [2.05, 4.69) is 0 Å². The number of benzene rings is 1. The number of halogens is 1. The van der Waals surface area contributed by atoms with Gasteiger partial charge in [-0.15, -0.1) is 0 Å². The Hall–Kier alpha value is -2.46. The molecule has 0 aromatic heterocycles. The Balaban J connectivity index is 1.88. The third kappa shape index (κ3) is 4.77. The third-order valence-electron chi connectivity index (χ3n) is 3.35. The van der Waals surface area contributed by atoms with Crippen LogP contribution in [0.5, 0.6) is 11.5 Å². The van der Waals surface area contributed by atoms with Gasteiger partial charge in [0, 0.05) is 13.6 Å². The van der Waals surface area contributed by atoms with Crippen LogP contribution in [-0.2, 0) is 20.7 Å². The molecule has 8 heteroatoms. The highest BCUT2D eigenvalue weighted by atomic mass is 35.5. The van der Waals surface area contributed by atoms with E-state index in [1.807, 2.05) is 6.07 Å². The van der Waals surface area contributed by atoms with Crippen molar-refractivity contribution in [2.75, 3.05) is 33.4 Å². The van der Waals surface area contributed by atoms with Gasteiger partial charge in [0.15, 0.2) is 18.1 Å². The standard InChI is InChI=1S/C16H17ClN2O5/c1-19(4-2-3-18)14(20)10-24-15(21)9-11-7-12(17)16-13(8-11)22-5-6-23-16/h7-8H,2,4-6,9-10H2,1H3. The summed E-state index contributed by atoms with van der Waals surface area (Å²) in [6.07, 6.45) is 0.192.